The summed E-state index contributed by atoms with van der Waals surface area (Å²) in [5.41, 5.74) is 0.677. The van der Waals surface area contributed by atoms with Crippen LogP contribution < -0.4 is 5.32 Å². The minimum Gasteiger partial charge on any atom is -0.379 e. The molecule has 0 saturated carbocycles. The van der Waals surface area contributed by atoms with E-state index in [4.69, 9.17) is 4.74 Å². The van der Waals surface area contributed by atoms with Crippen molar-refractivity contribution in [3.8, 4) is 0 Å². The van der Waals surface area contributed by atoms with Gasteiger partial charge in [-0.3, -0.25) is 14.7 Å². The van der Waals surface area contributed by atoms with Crippen LogP contribution in [0.15, 0.2) is 24.5 Å². The van der Waals surface area contributed by atoms with Crippen LogP contribution in [0.25, 0.3) is 0 Å². The number of pyridine rings is 1. The average Bonchev–Trinajstić information content (AvgIpc) is 2.91. The molecule has 2 aliphatic rings. The SMILES string of the molecule is CC(C)(CN1CCCCCC1)NC(=O)[C@H](c1cccnc1)N1CCOCC1. The van der Waals surface area contributed by atoms with Gasteiger partial charge in [0, 0.05) is 37.6 Å². The summed E-state index contributed by atoms with van der Waals surface area (Å²) in [5, 5.41) is 3.33. The number of hydrogen-bond donors (Lipinski definition) is 1. The fourth-order valence-electron chi connectivity index (χ4n) is 4.20. The van der Waals surface area contributed by atoms with E-state index in [0.717, 1.165) is 38.3 Å². The number of aromatic nitrogens is 1. The number of hydrogen-bond acceptors (Lipinski definition) is 5. The number of nitrogens with one attached hydrogen (secondary N) is 1. The van der Waals surface area contributed by atoms with Gasteiger partial charge < -0.3 is 15.0 Å². The third-order valence-electron chi connectivity index (χ3n) is 5.44. The summed E-state index contributed by atoms with van der Waals surface area (Å²) < 4.78 is 5.48. The molecule has 1 aromatic heterocycles. The minimum absolute atomic E-state index is 0.0599. The van der Waals surface area contributed by atoms with Crippen LogP contribution in [0.4, 0.5) is 0 Å². The number of carbonyl (C=O) groups is 1. The van der Waals surface area contributed by atoms with Crippen molar-refractivity contribution in [1.29, 1.82) is 0 Å². The molecular formula is C21H34N4O2. The highest BCUT2D eigenvalue weighted by Gasteiger charge is 2.33. The van der Waals surface area contributed by atoms with E-state index in [0.29, 0.717) is 13.2 Å². The lowest BCUT2D eigenvalue weighted by molar-refractivity contribution is -0.130. The molecule has 27 heavy (non-hydrogen) atoms. The normalized spacial score (nSPS) is 21.4. The maximum Gasteiger partial charge on any atom is 0.242 e. The summed E-state index contributed by atoms with van der Waals surface area (Å²) in [7, 11) is 0. The fourth-order valence-corrected chi connectivity index (χ4v) is 4.20. The smallest absolute Gasteiger partial charge is 0.242 e. The molecule has 1 N–H and O–H groups in total. The van der Waals surface area contributed by atoms with Gasteiger partial charge in [-0.2, -0.15) is 0 Å². The van der Waals surface area contributed by atoms with Gasteiger partial charge in [-0.25, -0.2) is 0 Å². The second-order valence-electron chi connectivity index (χ2n) is 8.40. The second-order valence-corrected chi connectivity index (χ2v) is 8.40. The maximum atomic E-state index is 13.3. The number of ether oxygens (including phenoxy) is 1. The van der Waals surface area contributed by atoms with Crippen LogP contribution >= 0.6 is 0 Å². The van der Waals surface area contributed by atoms with Crippen LogP contribution in [0.5, 0.6) is 0 Å². The third-order valence-corrected chi connectivity index (χ3v) is 5.44. The number of carbonyl (C=O) groups excluding carboxylic acids is 1. The van der Waals surface area contributed by atoms with Crippen molar-refractivity contribution in [2.45, 2.75) is 51.1 Å². The Kier molecular flexibility index (Phi) is 7.21. The molecule has 2 aliphatic heterocycles. The Balaban J connectivity index is 1.69. The molecule has 1 aromatic rings. The molecule has 0 spiro atoms. The van der Waals surface area contributed by atoms with E-state index >= 15 is 0 Å². The highest BCUT2D eigenvalue weighted by atomic mass is 16.5. The van der Waals surface area contributed by atoms with Crippen LogP contribution in [0.3, 0.4) is 0 Å². The number of nitrogens with zero attached hydrogens (tertiary/aromatic N) is 3. The minimum atomic E-state index is -0.314. The first-order valence-corrected chi connectivity index (χ1v) is 10.3. The Morgan fingerprint density at radius 2 is 1.89 bits per heavy atom. The molecule has 0 aromatic carbocycles. The molecule has 2 fully saturated rings. The molecule has 150 valence electrons. The molecule has 3 heterocycles. The van der Waals surface area contributed by atoms with Gasteiger partial charge in [-0.1, -0.05) is 18.9 Å². The molecule has 2 saturated heterocycles. The standard InChI is InChI=1S/C21H34N4O2/c1-21(2,17-24-10-5-3-4-6-11-24)23-20(26)19(18-8-7-9-22-16-18)25-12-14-27-15-13-25/h7-9,16,19H,3-6,10-15,17H2,1-2H3,(H,23,26)/t19-/m0/s1. The highest BCUT2D eigenvalue weighted by molar-refractivity contribution is 5.83. The van der Waals surface area contributed by atoms with Crippen LogP contribution in [0, 0.1) is 0 Å². The molecule has 3 rings (SSSR count). The number of likely N-dealkylation sites (tertiary alicyclic amines) is 1. The van der Waals surface area contributed by atoms with Gasteiger partial charge in [0.05, 0.1) is 13.2 Å². The van der Waals surface area contributed by atoms with Crippen molar-refractivity contribution in [2.24, 2.45) is 0 Å². The predicted molar refractivity (Wildman–Crippen MR) is 106 cm³/mol. The van der Waals surface area contributed by atoms with Gasteiger partial charge in [0.25, 0.3) is 0 Å². The van der Waals surface area contributed by atoms with E-state index < -0.39 is 0 Å². The van der Waals surface area contributed by atoms with Crippen LogP contribution in [-0.4, -0.2) is 72.2 Å². The summed E-state index contributed by atoms with van der Waals surface area (Å²) in [5.74, 6) is 0.0599. The van der Waals surface area contributed by atoms with Crippen molar-refractivity contribution < 1.29 is 9.53 Å². The van der Waals surface area contributed by atoms with E-state index in [1.807, 2.05) is 18.3 Å². The van der Waals surface area contributed by atoms with Crippen molar-refractivity contribution in [2.75, 3.05) is 45.9 Å². The van der Waals surface area contributed by atoms with Crippen LogP contribution in [0.1, 0.15) is 51.1 Å². The van der Waals surface area contributed by atoms with Gasteiger partial charge in [0.15, 0.2) is 0 Å². The Bertz CT molecular complexity index is 579. The first-order chi connectivity index (χ1) is 13.1. The summed E-state index contributed by atoms with van der Waals surface area (Å²) in [6, 6.07) is 3.58. The monoisotopic (exact) mass is 374 g/mol. The van der Waals surface area contributed by atoms with E-state index in [2.05, 4.69) is 33.9 Å². The van der Waals surface area contributed by atoms with E-state index in [1.165, 1.54) is 25.7 Å². The number of rotatable bonds is 6. The number of amides is 1. The quantitative estimate of drug-likeness (QED) is 0.827. The van der Waals surface area contributed by atoms with Crippen molar-refractivity contribution in [1.82, 2.24) is 20.1 Å². The molecule has 0 bridgehead atoms. The predicted octanol–water partition coefficient (Wildman–Crippen LogP) is 2.23. The van der Waals surface area contributed by atoms with Crippen LogP contribution in [-0.2, 0) is 9.53 Å². The van der Waals surface area contributed by atoms with Gasteiger partial charge in [-0.05, 0) is 51.4 Å². The Morgan fingerprint density at radius 3 is 2.52 bits per heavy atom. The lowest BCUT2D eigenvalue weighted by Crippen LogP contribution is -2.55. The lowest BCUT2D eigenvalue weighted by Gasteiger charge is -2.38. The molecule has 6 heteroatoms. The zero-order valence-corrected chi connectivity index (χ0v) is 16.8. The first-order valence-electron chi connectivity index (χ1n) is 10.3. The molecule has 1 atom stereocenters. The molecule has 0 radical (unpaired) electrons. The maximum absolute atomic E-state index is 13.3. The molecule has 6 nitrogen and oxygen atoms in total. The summed E-state index contributed by atoms with van der Waals surface area (Å²) in [6.45, 7) is 10.3. The zero-order chi connectivity index (χ0) is 19.1. The first kappa shape index (κ1) is 20.2. The second kappa shape index (κ2) is 9.62. The molecular weight excluding hydrogens is 340 g/mol. The van der Waals surface area contributed by atoms with Crippen molar-refractivity contribution >= 4 is 5.91 Å². The highest BCUT2D eigenvalue weighted by Crippen LogP contribution is 2.23. The molecule has 1 amide bonds. The van der Waals surface area contributed by atoms with E-state index in [1.54, 1.807) is 6.20 Å². The van der Waals surface area contributed by atoms with E-state index in [-0.39, 0.29) is 17.5 Å². The van der Waals surface area contributed by atoms with Crippen molar-refractivity contribution in [3.05, 3.63) is 30.1 Å². The summed E-state index contributed by atoms with van der Waals surface area (Å²) in [6.07, 6.45) is 8.72. The van der Waals surface area contributed by atoms with Crippen molar-refractivity contribution in [3.63, 3.8) is 0 Å². The Hall–Kier alpha value is -1.50. The Morgan fingerprint density at radius 1 is 1.19 bits per heavy atom. The average molecular weight is 375 g/mol. The number of morpholine rings is 1. The summed E-state index contributed by atoms with van der Waals surface area (Å²) in [4.78, 5) is 22.3. The van der Waals surface area contributed by atoms with Gasteiger partial charge in [-0.15, -0.1) is 0 Å². The summed E-state index contributed by atoms with van der Waals surface area (Å²) >= 11 is 0. The molecule has 0 unspecified atom stereocenters. The van der Waals surface area contributed by atoms with Gasteiger partial charge in [0.2, 0.25) is 5.91 Å². The Labute approximate surface area is 163 Å². The largest absolute Gasteiger partial charge is 0.379 e. The van der Waals surface area contributed by atoms with Crippen LogP contribution in [0.2, 0.25) is 0 Å². The third kappa shape index (κ3) is 5.99. The molecule has 0 aliphatic carbocycles. The van der Waals surface area contributed by atoms with Gasteiger partial charge >= 0.3 is 0 Å². The fraction of sp³-hybridized carbons (Fsp3) is 0.714. The topological polar surface area (TPSA) is 57.7 Å². The lowest BCUT2D eigenvalue weighted by atomic mass is 10.0. The van der Waals surface area contributed by atoms with E-state index in [9.17, 15) is 4.79 Å². The zero-order valence-electron chi connectivity index (χ0n) is 16.8. The van der Waals surface area contributed by atoms with Gasteiger partial charge in [0.1, 0.15) is 6.04 Å².